The van der Waals surface area contributed by atoms with E-state index in [1.54, 1.807) is 11.8 Å². The summed E-state index contributed by atoms with van der Waals surface area (Å²) in [7, 11) is 0. The second-order valence-electron chi connectivity index (χ2n) is 4.75. The number of hydrogen-bond acceptors (Lipinski definition) is 3. The molecule has 0 spiro atoms. The molecule has 0 radical (unpaired) electrons. The Morgan fingerprint density at radius 1 is 1.05 bits per heavy atom. The van der Waals surface area contributed by atoms with E-state index >= 15 is 0 Å². The van der Waals surface area contributed by atoms with Crippen molar-refractivity contribution in [1.29, 1.82) is 5.41 Å². The topological polar surface area (TPSA) is 53.1 Å². The summed E-state index contributed by atoms with van der Waals surface area (Å²) in [6.45, 7) is 0.707. The number of nitrogens with two attached hydrogens (primary N) is 1. The Morgan fingerprint density at radius 3 is 2.05 bits per heavy atom. The van der Waals surface area contributed by atoms with Crippen LogP contribution in [-0.2, 0) is 0 Å². The Balaban J connectivity index is 2.07. The zero-order valence-electron chi connectivity index (χ0n) is 11.1. The predicted molar refractivity (Wildman–Crippen MR) is 95.9 cm³/mol. The molecule has 0 saturated heterocycles. The minimum Gasteiger partial charge on any atom is -0.388 e. The van der Waals surface area contributed by atoms with Crippen LogP contribution in [0.25, 0.3) is 0 Å². The van der Waals surface area contributed by atoms with Crippen LogP contribution in [0.1, 0.15) is 6.42 Å². The minimum atomic E-state index is 0.213. The maximum absolute atomic E-state index is 7.48. The molecule has 21 heavy (non-hydrogen) atoms. The van der Waals surface area contributed by atoms with E-state index in [0.717, 1.165) is 8.95 Å². The van der Waals surface area contributed by atoms with Gasteiger partial charge >= 0.3 is 0 Å². The van der Waals surface area contributed by atoms with Crippen LogP contribution in [0, 0.1) is 5.41 Å². The van der Waals surface area contributed by atoms with Crippen molar-refractivity contribution in [1.82, 2.24) is 0 Å². The largest absolute Gasteiger partial charge is 0.388 e. The number of nitrogens with zero attached hydrogens (tertiary/aromatic N) is 1. The van der Waals surface area contributed by atoms with Gasteiger partial charge in [0.05, 0.1) is 17.2 Å². The van der Waals surface area contributed by atoms with E-state index in [4.69, 9.17) is 11.1 Å². The average molecular weight is 427 g/mol. The van der Waals surface area contributed by atoms with E-state index in [1.165, 1.54) is 21.2 Å². The lowest BCUT2D eigenvalue weighted by Crippen LogP contribution is -2.25. The van der Waals surface area contributed by atoms with Crippen molar-refractivity contribution in [2.45, 2.75) is 16.2 Å². The number of benzene rings is 2. The maximum Gasteiger partial charge on any atom is 0.0923 e. The van der Waals surface area contributed by atoms with E-state index in [0.29, 0.717) is 13.0 Å². The molecule has 0 aromatic heterocycles. The zero-order chi connectivity index (χ0) is 15.0. The Morgan fingerprint density at radius 2 is 1.57 bits per heavy atom. The standard InChI is InChI=1S/C15H13Br2N3S/c16-9-1-3-11-13(7-9)21-14-8-10(17)2-4-12(14)20(11)6-5-15(18)19/h1-4,7-8H,5-6H2,(H3,18,19). The SMILES string of the molecule is N=C(N)CCN1c2ccc(Br)cc2Sc2cc(Br)ccc21. The number of anilines is 2. The zero-order valence-corrected chi connectivity index (χ0v) is 15.1. The fraction of sp³-hybridized carbons (Fsp3) is 0.133. The number of nitrogens with one attached hydrogen (secondary N) is 1. The highest BCUT2D eigenvalue weighted by atomic mass is 79.9. The third-order valence-corrected chi connectivity index (χ3v) is 5.33. The summed E-state index contributed by atoms with van der Waals surface area (Å²) < 4.78 is 2.14. The normalized spacial score (nSPS) is 12.8. The van der Waals surface area contributed by atoms with Crippen LogP contribution in [-0.4, -0.2) is 12.4 Å². The molecule has 0 aliphatic carbocycles. The lowest BCUT2D eigenvalue weighted by molar-refractivity contribution is 0.923. The van der Waals surface area contributed by atoms with Crippen LogP contribution in [0.3, 0.4) is 0 Å². The summed E-state index contributed by atoms with van der Waals surface area (Å²) in [5.41, 5.74) is 7.87. The molecule has 2 aromatic carbocycles. The fourth-order valence-electron chi connectivity index (χ4n) is 2.31. The molecule has 1 aliphatic heterocycles. The van der Waals surface area contributed by atoms with Gasteiger partial charge in [0, 0.05) is 31.7 Å². The van der Waals surface area contributed by atoms with Crippen LogP contribution >= 0.6 is 43.6 Å². The molecule has 1 aliphatic rings. The highest BCUT2D eigenvalue weighted by Gasteiger charge is 2.23. The first-order valence-electron chi connectivity index (χ1n) is 6.42. The third kappa shape index (κ3) is 3.12. The van der Waals surface area contributed by atoms with Crippen molar-refractivity contribution in [3.05, 3.63) is 45.3 Å². The van der Waals surface area contributed by atoms with Gasteiger partial charge in [-0.1, -0.05) is 43.6 Å². The van der Waals surface area contributed by atoms with E-state index < -0.39 is 0 Å². The Labute approximate surface area is 144 Å². The van der Waals surface area contributed by atoms with Gasteiger partial charge < -0.3 is 10.6 Å². The number of rotatable bonds is 3. The van der Waals surface area contributed by atoms with Crippen molar-refractivity contribution in [3.63, 3.8) is 0 Å². The molecule has 3 N–H and O–H groups in total. The maximum atomic E-state index is 7.48. The van der Waals surface area contributed by atoms with Gasteiger partial charge in [0.15, 0.2) is 0 Å². The Bertz CT molecular complexity index is 667. The van der Waals surface area contributed by atoms with Gasteiger partial charge in [0.1, 0.15) is 0 Å². The van der Waals surface area contributed by atoms with Gasteiger partial charge in [-0.2, -0.15) is 0 Å². The molecular weight excluding hydrogens is 414 g/mol. The molecule has 0 saturated carbocycles. The predicted octanol–water partition coefficient (Wildman–Crippen LogP) is 5.14. The second-order valence-corrected chi connectivity index (χ2v) is 7.67. The highest BCUT2D eigenvalue weighted by Crippen LogP contribution is 2.49. The van der Waals surface area contributed by atoms with Crippen LogP contribution in [0.4, 0.5) is 11.4 Å². The van der Waals surface area contributed by atoms with Gasteiger partial charge in [-0.3, -0.25) is 5.41 Å². The Kier molecular flexibility index (Phi) is 4.28. The molecule has 3 rings (SSSR count). The lowest BCUT2D eigenvalue weighted by atomic mass is 10.2. The number of amidine groups is 1. The summed E-state index contributed by atoms with van der Waals surface area (Å²) >= 11 is 8.83. The average Bonchev–Trinajstić information content (AvgIpc) is 2.42. The highest BCUT2D eigenvalue weighted by molar-refractivity contribution is 9.10. The van der Waals surface area contributed by atoms with E-state index in [2.05, 4.69) is 61.0 Å². The minimum absolute atomic E-state index is 0.213. The lowest BCUT2D eigenvalue weighted by Gasteiger charge is -2.33. The number of fused-ring (bicyclic) bond motifs is 2. The number of hydrogen-bond donors (Lipinski definition) is 2. The van der Waals surface area contributed by atoms with Crippen molar-refractivity contribution >= 4 is 60.8 Å². The van der Waals surface area contributed by atoms with E-state index in [9.17, 15) is 0 Å². The molecule has 0 unspecified atom stereocenters. The Hall–Kier alpha value is -0.980. The summed E-state index contributed by atoms with van der Waals surface area (Å²) in [6, 6.07) is 12.6. The van der Waals surface area contributed by atoms with Crippen molar-refractivity contribution in [2.24, 2.45) is 5.73 Å². The van der Waals surface area contributed by atoms with E-state index in [1.807, 2.05) is 12.1 Å². The molecule has 108 valence electrons. The van der Waals surface area contributed by atoms with Gasteiger partial charge in [-0.05, 0) is 36.4 Å². The molecule has 0 amide bonds. The van der Waals surface area contributed by atoms with Crippen molar-refractivity contribution in [2.75, 3.05) is 11.4 Å². The molecule has 0 fully saturated rings. The van der Waals surface area contributed by atoms with Crippen LogP contribution in [0.2, 0.25) is 0 Å². The third-order valence-electron chi connectivity index (χ3n) is 3.25. The second kappa shape index (κ2) is 6.02. The summed E-state index contributed by atoms with van der Waals surface area (Å²) in [6.07, 6.45) is 0.551. The first kappa shape index (κ1) is 14.9. The van der Waals surface area contributed by atoms with Crippen molar-refractivity contribution in [3.8, 4) is 0 Å². The summed E-state index contributed by atoms with van der Waals surface area (Å²) in [5.74, 6) is 0.213. The molecule has 0 atom stereocenters. The van der Waals surface area contributed by atoms with Crippen LogP contribution in [0.5, 0.6) is 0 Å². The molecule has 2 aromatic rings. The molecule has 1 heterocycles. The van der Waals surface area contributed by atoms with Crippen molar-refractivity contribution < 1.29 is 0 Å². The first-order chi connectivity index (χ1) is 10.0. The first-order valence-corrected chi connectivity index (χ1v) is 8.82. The van der Waals surface area contributed by atoms with Crippen LogP contribution < -0.4 is 10.6 Å². The van der Waals surface area contributed by atoms with Gasteiger partial charge in [-0.25, -0.2) is 0 Å². The smallest absolute Gasteiger partial charge is 0.0923 e. The molecular formula is C15H13Br2N3S. The molecule has 6 heteroatoms. The molecule has 0 bridgehead atoms. The number of halogens is 2. The summed E-state index contributed by atoms with van der Waals surface area (Å²) in [5, 5.41) is 7.48. The van der Waals surface area contributed by atoms with Gasteiger partial charge in [0.25, 0.3) is 0 Å². The van der Waals surface area contributed by atoms with Crippen LogP contribution in [0.15, 0.2) is 55.1 Å². The summed E-state index contributed by atoms with van der Waals surface area (Å²) in [4.78, 5) is 4.65. The fourth-order valence-corrected chi connectivity index (χ4v) is 4.51. The monoisotopic (exact) mass is 425 g/mol. The van der Waals surface area contributed by atoms with E-state index in [-0.39, 0.29) is 5.84 Å². The van der Waals surface area contributed by atoms with Gasteiger partial charge in [-0.15, -0.1) is 0 Å². The quantitative estimate of drug-likeness (QED) is 0.527. The molecule has 3 nitrogen and oxygen atoms in total. The van der Waals surface area contributed by atoms with Gasteiger partial charge in [0.2, 0.25) is 0 Å².